The quantitative estimate of drug-likeness (QED) is 0.627. The molecule has 0 unspecified atom stereocenters. The average Bonchev–Trinajstić information content (AvgIpc) is 3.06. The topological polar surface area (TPSA) is 119 Å². The Bertz CT molecular complexity index is 866. The van der Waals surface area contributed by atoms with Gasteiger partial charge in [0.25, 0.3) is 11.4 Å². The number of benzene rings is 2. The zero-order valence-electron chi connectivity index (χ0n) is 13.8. The Balaban J connectivity index is 1.71. The van der Waals surface area contributed by atoms with Crippen LogP contribution in [0.1, 0.15) is 18.4 Å². The normalized spacial score (nSPS) is 13.7. The molecule has 0 aliphatic carbocycles. The lowest BCUT2D eigenvalue weighted by Crippen LogP contribution is -2.23. The molecule has 2 aromatic carbocycles. The summed E-state index contributed by atoms with van der Waals surface area (Å²) < 4.78 is 0. The number of carbonyl (C=O) groups excluding carboxylic acids is 1. The molecular formula is C17H16N4O5. The van der Waals surface area contributed by atoms with E-state index in [4.69, 9.17) is 0 Å². The molecular weight excluding hydrogens is 340 g/mol. The van der Waals surface area contributed by atoms with Crippen LogP contribution >= 0.6 is 0 Å². The molecule has 1 N–H and O–H groups in total. The maximum absolute atomic E-state index is 11.7. The van der Waals surface area contributed by atoms with Gasteiger partial charge in [-0.1, -0.05) is 12.1 Å². The molecule has 1 aliphatic rings. The van der Waals surface area contributed by atoms with Crippen LogP contribution in [0.25, 0.3) is 0 Å². The van der Waals surface area contributed by atoms with E-state index in [2.05, 4.69) is 5.32 Å². The lowest BCUT2D eigenvalue weighted by atomic mass is 10.2. The average molecular weight is 356 g/mol. The van der Waals surface area contributed by atoms with Gasteiger partial charge in [0, 0.05) is 31.3 Å². The van der Waals surface area contributed by atoms with Crippen LogP contribution in [0.15, 0.2) is 42.5 Å². The van der Waals surface area contributed by atoms with Gasteiger partial charge in [-0.2, -0.15) is 0 Å². The number of nitro groups is 2. The van der Waals surface area contributed by atoms with E-state index in [9.17, 15) is 25.0 Å². The van der Waals surface area contributed by atoms with Crippen molar-refractivity contribution in [1.82, 2.24) is 0 Å². The van der Waals surface area contributed by atoms with Crippen molar-refractivity contribution in [2.24, 2.45) is 0 Å². The molecule has 9 heteroatoms. The van der Waals surface area contributed by atoms with Crippen LogP contribution in [-0.2, 0) is 11.3 Å². The summed E-state index contributed by atoms with van der Waals surface area (Å²) in [7, 11) is 0. The van der Waals surface area contributed by atoms with Crippen molar-refractivity contribution in [3.8, 4) is 0 Å². The molecule has 3 rings (SSSR count). The Hall–Kier alpha value is -3.49. The van der Waals surface area contributed by atoms with Crippen LogP contribution in [0.2, 0.25) is 0 Å². The first-order valence-electron chi connectivity index (χ1n) is 8.02. The summed E-state index contributed by atoms with van der Waals surface area (Å²) in [5.74, 6) is 0.109. The van der Waals surface area contributed by atoms with Crippen molar-refractivity contribution in [2.45, 2.75) is 19.4 Å². The molecule has 1 fully saturated rings. The number of hydrogen-bond donors (Lipinski definition) is 1. The molecule has 26 heavy (non-hydrogen) atoms. The smallest absolute Gasteiger partial charge is 0.299 e. The standard InChI is InChI=1S/C17H16N4O5/c22-17-2-1-9-19(17)13-5-3-12(4-6-13)11-18-15-8-7-14(20(23)24)10-16(15)21(25)26/h3-8,10,18H,1-2,9,11H2. The van der Waals surface area contributed by atoms with Crippen molar-refractivity contribution in [3.05, 3.63) is 68.3 Å². The molecule has 0 atom stereocenters. The van der Waals surface area contributed by atoms with Gasteiger partial charge >= 0.3 is 0 Å². The summed E-state index contributed by atoms with van der Waals surface area (Å²) in [5.41, 5.74) is 1.23. The number of hydrogen-bond acceptors (Lipinski definition) is 6. The molecule has 1 saturated heterocycles. The molecule has 0 spiro atoms. The minimum Gasteiger partial charge on any atom is -0.375 e. The van der Waals surface area contributed by atoms with E-state index >= 15 is 0 Å². The van der Waals surface area contributed by atoms with Crippen LogP contribution in [0.4, 0.5) is 22.7 Å². The number of nitrogens with zero attached hydrogens (tertiary/aromatic N) is 3. The Morgan fingerprint density at radius 1 is 1.04 bits per heavy atom. The van der Waals surface area contributed by atoms with Gasteiger partial charge in [0.2, 0.25) is 5.91 Å². The maximum atomic E-state index is 11.7. The van der Waals surface area contributed by atoms with E-state index in [1.54, 1.807) is 4.90 Å². The van der Waals surface area contributed by atoms with Crippen molar-refractivity contribution in [3.63, 3.8) is 0 Å². The van der Waals surface area contributed by atoms with Crippen molar-refractivity contribution in [1.29, 1.82) is 0 Å². The van der Waals surface area contributed by atoms with Gasteiger partial charge in [-0.25, -0.2) is 0 Å². The van der Waals surface area contributed by atoms with Crippen LogP contribution in [-0.4, -0.2) is 22.3 Å². The summed E-state index contributed by atoms with van der Waals surface area (Å²) in [6.45, 7) is 1.03. The first-order valence-corrected chi connectivity index (χ1v) is 8.02. The van der Waals surface area contributed by atoms with Gasteiger partial charge in [-0.3, -0.25) is 25.0 Å². The minimum absolute atomic E-state index is 0.109. The number of rotatable bonds is 6. The summed E-state index contributed by atoms with van der Waals surface area (Å²) >= 11 is 0. The van der Waals surface area contributed by atoms with Crippen molar-refractivity contribution >= 4 is 28.7 Å². The highest BCUT2D eigenvalue weighted by Gasteiger charge is 2.22. The summed E-state index contributed by atoms with van der Waals surface area (Å²) in [4.78, 5) is 34.1. The zero-order valence-corrected chi connectivity index (χ0v) is 13.8. The third-order valence-corrected chi connectivity index (χ3v) is 4.19. The second-order valence-corrected chi connectivity index (χ2v) is 5.88. The first kappa shape index (κ1) is 17.3. The van der Waals surface area contributed by atoms with Gasteiger partial charge < -0.3 is 10.2 Å². The molecule has 0 aromatic heterocycles. The number of nitrogens with one attached hydrogen (secondary N) is 1. The van der Waals surface area contributed by atoms with Crippen LogP contribution in [0.5, 0.6) is 0 Å². The fourth-order valence-electron chi connectivity index (χ4n) is 2.85. The fraction of sp³-hybridized carbons (Fsp3) is 0.235. The van der Waals surface area contributed by atoms with E-state index in [0.29, 0.717) is 19.5 Å². The number of carbonyl (C=O) groups is 1. The molecule has 9 nitrogen and oxygen atoms in total. The molecule has 0 bridgehead atoms. The molecule has 1 amide bonds. The largest absolute Gasteiger partial charge is 0.375 e. The highest BCUT2D eigenvalue weighted by atomic mass is 16.6. The lowest BCUT2D eigenvalue weighted by Gasteiger charge is -2.16. The SMILES string of the molecule is O=C1CCCN1c1ccc(CNc2ccc([N+](=O)[O-])cc2[N+](=O)[O-])cc1. The Morgan fingerprint density at radius 3 is 2.35 bits per heavy atom. The monoisotopic (exact) mass is 356 g/mol. The highest BCUT2D eigenvalue weighted by molar-refractivity contribution is 5.95. The van der Waals surface area contributed by atoms with Crippen LogP contribution < -0.4 is 10.2 Å². The summed E-state index contributed by atoms with van der Waals surface area (Å²) in [5, 5.41) is 24.8. The Morgan fingerprint density at radius 2 is 1.77 bits per heavy atom. The summed E-state index contributed by atoms with van der Waals surface area (Å²) in [6, 6.07) is 10.8. The molecule has 1 heterocycles. The van der Waals surface area contributed by atoms with E-state index in [1.807, 2.05) is 24.3 Å². The summed E-state index contributed by atoms with van der Waals surface area (Å²) in [6.07, 6.45) is 1.42. The molecule has 1 aliphatic heterocycles. The van der Waals surface area contributed by atoms with E-state index in [0.717, 1.165) is 23.7 Å². The first-order chi connectivity index (χ1) is 12.5. The third kappa shape index (κ3) is 3.61. The minimum atomic E-state index is -0.671. The predicted octanol–water partition coefficient (Wildman–Crippen LogP) is 3.24. The number of nitro benzene ring substituents is 2. The fourth-order valence-corrected chi connectivity index (χ4v) is 2.85. The molecule has 0 saturated carbocycles. The maximum Gasteiger partial charge on any atom is 0.299 e. The Kier molecular flexibility index (Phi) is 4.78. The molecule has 134 valence electrons. The number of non-ortho nitro benzene ring substituents is 1. The van der Waals surface area contributed by atoms with E-state index in [-0.39, 0.29) is 23.0 Å². The third-order valence-electron chi connectivity index (χ3n) is 4.19. The van der Waals surface area contributed by atoms with Gasteiger partial charge in [-0.15, -0.1) is 0 Å². The van der Waals surface area contributed by atoms with Crippen molar-refractivity contribution < 1.29 is 14.6 Å². The second-order valence-electron chi connectivity index (χ2n) is 5.88. The zero-order chi connectivity index (χ0) is 18.7. The number of amides is 1. The lowest BCUT2D eigenvalue weighted by molar-refractivity contribution is -0.393. The van der Waals surface area contributed by atoms with Crippen LogP contribution in [0.3, 0.4) is 0 Å². The van der Waals surface area contributed by atoms with Crippen molar-refractivity contribution in [2.75, 3.05) is 16.8 Å². The number of anilines is 2. The second kappa shape index (κ2) is 7.18. The van der Waals surface area contributed by atoms with Gasteiger partial charge in [0.05, 0.1) is 15.9 Å². The molecule has 2 aromatic rings. The molecule has 0 radical (unpaired) electrons. The van der Waals surface area contributed by atoms with E-state index < -0.39 is 9.85 Å². The van der Waals surface area contributed by atoms with Gasteiger partial charge in [0.1, 0.15) is 5.69 Å². The Labute approximate surface area is 148 Å². The van der Waals surface area contributed by atoms with Gasteiger partial charge in [0.15, 0.2) is 0 Å². The predicted molar refractivity (Wildman–Crippen MR) is 95.1 cm³/mol. The van der Waals surface area contributed by atoms with Gasteiger partial charge in [-0.05, 0) is 30.2 Å². The van der Waals surface area contributed by atoms with E-state index in [1.165, 1.54) is 12.1 Å². The highest BCUT2D eigenvalue weighted by Crippen LogP contribution is 2.29. The van der Waals surface area contributed by atoms with Crippen LogP contribution in [0, 0.1) is 20.2 Å².